The molecular weight excluding hydrogens is 340 g/mol. The van der Waals surface area contributed by atoms with Gasteiger partial charge in [0.05, 0.1) is 11.9 Å². The maximum Gasteiger partial charge on any atom is 0.220 e. The zero-order chi connectivity index (χ0) is 18.8. The summed E-state index contributed by atoms with van der Waals surface area (Å²) >= 11 is 0. The van der Waals surface area contributed by atoms with Gasteiger partial charge in [-0.1, -0.05) is 0 Å². The minimum absolute atomic E-state index is 0.0458. The third-order valence-electron chi connectivity index (χ3n) is 5.09. The monoisotopic (exact) mass is 370 g/mol. The van der Waals surface area contributed by atoms with Gasteiger partial charge in [0.25, 0.3) is 0 Å². The molecule has 1 aromatic rings. The average Bonchev–Trinajstić information content (AvgIpc) is 2.73. The smallest absolute Gasteiger partial charge is 0.220 e. The summed E-state index contributed by atoms with van der Waals surface area (Å²) in [7, 11) is -1.18. The number of nitrogens with one attached hydrogen (secondary N) is 1. The molecule has 25 heavy (non-hydrogen) atoms. The van der Waals surface area contributed by atoms with Gasteiger partial charge < -0.3 is 5.32 Å². The van der Waals surface area contributed by atoms with Crippen molar-refractivity contribution in [2.24, 2.45) is 13.0 Å². The molecule has 1 saturated heterocycles. The number of aromatic nitrogens is 2. The number of rotatable bonds is 6. The van der Waals surface area contributed by atoms with E-state index in [4.69, 9.17) is 0 Å². The zero-order valence-electron chi connectivity index (χ0n) is 15.9. The van der Waals surface area contributed by atoms with Gasteiger partial charge in [-0.15, -0.1) is 0 Å². The van der Waals surface area contributed by atoms with E-state index in [9.17, 15) is 13.2 Å². The van der Waals surface area contributed by atoms with Gasteiger partial charge in [0.15, 0.2) is 0 Å². The van der Waals surface area contributed by atoms with Crippen LogP contribution < -0.4 is 5.32 Å². The standard InChI is InChI=1S/C17H30N4O3S/c1-12(10-16-13(2)19-20(4)14(16)3)18-17(22)11-15-6-8-21(9-7-15)25(5,23)24/h12,15H,6-11H2,1-5H3,(H,18,22)/t12-/m1/s1. The molecule has 1 aliphatic heterocycles. The predicted molar refractivity (Wildman–Crippen MR) is 97.7 cm³/mol. The lowest BCUT2D eigenvalue weighted by molar-refractivity contribution is -0.122. The highest BCUT2D eigenvalue weighted by Gasteiger charge is 2.26. The van der Waals surface area contributed by atoms with Crippen LogP contribution in [0.4, 0.5) is 0 Å². The van der Waals surface area contributed by atoms with E-state index >= 15 is 0 Å². The molecule has 8 heteroatoms. The second kappa shape index (κ2) is 7.86. The van der Waals surface area contributed by atoms with Crippen molar-refractivity contribution in [3.05, 3.63) is 17.0 Å². The number of amides is 1. The van der Waals surface area contributed by atoms with Gasteiger partial charge in [-0.3, -0.25) is 9.48 Å². The Morgan fingerprint density at radius 1 is 1.32 bits per heavy atom. The van der Waals surface area contributed by atoms with Crippen LogP contribution in [0.3, 0.4) is 0 Å². The fourth-order valence-corrected chi connectivity index (χ4v) is 4.39. The maximum absolute atomic E-state index is 12.3. The molecule has 2 heterocycles. The molecule has 1 aromatic heterocycles. The molecule has 7 nitrogen and oxygen atoms in total. The average molecular weight is 371 g/mol. The van der Waals surface area contributed by atoms with Crippen LogP contribution in [0, 0.1) is 19.8 Å². The molecule has 0 aromatic carbocycles. The fraction of sp³-hybridized carbons (Fsp3) is 0.765. The summed E-state index contributed by atoms with van der Waals surface area (Å²) in [5.41, 5.74) is 3.33. The van der Waals surface area contributed by atoms with E-state index in [1.165, 1.54) is 16.1 Å². The summed E-state index contributed by atoms with van der Waals surface area (Å²) in [4.78, 5) is 12.3. The molecule has 0 aliphatic carbocycles. The highest BCUT2D eigenvalue weighted by Crippen LogP contribution is 2.22. The number of carbonyl (C=O) groups excluding carboxylic acids is 1. The number of hydrogen-bond acceptors (Lipinski definition) is 4. The van der Waals surface area contributed by atoms with Crippen LogP contribution in [0.5, 0.6) is 0 Å². The third-order valence-corrected chi connectivity index (χ3v) is 6.40. The molecule has 1 N–H and O–H groups in total. The van der Waals surface area contributed by atoms with E-state index in [0.29, 0.717) is 19.5 Å². The Morgan fingerprint density at radius 2 is 1.92 bits per heavy atom. The lowest BCUT2D eigenvalue weighted by atomic mass is 9.94. The summed E-state index contributed by atoms with van der Waals surface area (Å²) in [5.74, 6) is 0.302. The van der Waals surface area contributed by atoms with Crippen molar-refractivity contribution >= 4 is 15.9 Å². The van der Waals surface area contributed by atoms with Gasteiger partial charge in [0.1, 0.15) is 0 Å². The van der Waals surface area contributed by atoms with Crippen molar-refractivity contribution in [3.8, 4) is 0 Å². The van der Waals surface area contributed by atoms with Crippen LogP contribution in [-0.4, -0.2) is 53.8 Å². The van der Waals surface area contributed by atoms with Crippen molar-refractivity contribution in [1.29, 1.82) is 0 Å². The highest BCUT2D eigenvalue weighted by atomic mass is 32.2. The zero-order valence-corrected chi connectivity index (χ0v) is 16.7. The molecule has 0 radical (unpaired) electrons. The predicted octanol–water partition coefficient (Wildman–Crippen LogP) is 1.15. The van der Waals surface area contributed by atoms with Crippen molar-refractivity contribution in [2.75, 3.05) is 19.3 Å². The van der Waals surface area contributed by atoms with Gasteiger partial charge >= 0.3 is 0 Å². The summed E-state index contributed by atoms with van der Waals surface area (Å²) < 4.78 is 26.4. The van der Waals surface area contributed by atoms with E-state index in [0.717, 1.165) is 30.7 Å². The molecule has 142 valence electrons. The fourth-order valence-electron chi connectivity index (χ4n) is 3.51. The summed E-state index contributed by atoms with van der Waals surface area (Å²) in [5, 5.41) is 7.49. The Bertz CT molecular complexity index is 718. The molecule has 0 unspecified atom stereocenters. The van der Waals surface area contributed by atoms with Crippen LogP contribution in [0.25, 0.3) is 0 Å². The molecule has 2 rings (SSSR count). The van der Waals surface area contributed by atoms with Crippen LogP contribution in [0.1, 0.15) is 43.1 Å². The maximum atomic E-state index is 12.3. The SMILES string of the molecule is Cc1nn(C)c(C)c1C[C@@H](C)NC(=O)CC1CCN(S(C)(=O)=O)CC1. The Morgan fingerprint density at radius 3 is 2.40 bits per heavy atom. The van der Waals surface area contributed by atoms with Crippen LogP contribution in [0.2, 0.25) is 0 Å². The number of piperidine rings is 1. The van der Waals surface area contributed by atoms with Gasteiger partial charge in [-0.2, -0.15) is 5.10 Å². The molecular formula is C17H30N4O3S. The van der Waals surface area contributed by atoms with E-state index in [-0.39, 0.29) is 17.9 Å². The number of hydrogen-bond donors (Lipinski definition) is 1. The quantitative estimate of drug-likeness (QED) is 0.814. The van der Waals surface area contributed by atoms with E-state index in [1.54, 1.807) is 0 Å². The first kappa shape index (κ1) is 19.9. The van der Waals surface area contributed by atoms with Crippen molar-refractivity contribution < 1.29 is 13.2 Å². The van der Waals surface area contributed by atoms with Crippen LogP contribution >= 0.6 is 0 Å². The molecule has 1 aliphatic rings. The minimum Gasteiger partial charge on any atom is -0.353 e. The first-order valence-electron chi connectivity index (χ1n) is 8.81. The lowest BCUT2D eigenvalue weighted by Gasteiger charge is -2.30. The molecule has 1 amide bonds. The number of sulfonamides is 1. The van der Waals surface area contributed by atoms with E-state index in [2.05, 4.69) is 10.4 Å². The number of aryl methyl sites for hydroxylation is 2. The van der Waals surface area contributed by atoms with Gasteiger partial charge in [0.2, 0.25) is 15.9 Å². The molecule has 1 fully saturated rings. The van der Waals surface area contributed by atoms with Gasteiger partial charge in [-0.25, -0.2) is 12.7 Å². The Labute approximate surface area is 150 Å². The molecule has 1 atom stereocenters. The summed E-state index contributed by atoms with van der Waals surface area (Å²) in [6.45, 7) is 7.07. The van der Waals surface area contributed by atoms with Crippen molar-refractivity contribution in [3.63, 3.8) is 0 Å². The normalized spacial score (nSPS) is 18.3. The first-order valence-corrected chi connectivity index (χ1v) is 10.7. The van der Waals surface area contributed by atoms with Crippen LogP contribution in [0.15, 0.2) is 0 Å². The van der Waals surface area contributed by atoms with Crippen molar-refractivity contribution in [1.82, 2.24) is 19.4 Å². The molecule has 0 saturated carbocycles. The van der Waals surface area contributed by atoms with E-state index in [1.807, 2.05) is 32.5 Å². The highest BCUT2D eigenvalue weighted by molar-refractivity contribution is 7.88. The Balaban J connectivity index is 1.80. The topological polar surface area (TPSA) is 84.3 Å². The summed E-state index contributed by atoms with van der Waals surface area (Å²) in [6.07, 6.45) is 3.96. The summed E-state index contributed by atoms with van der Waals surface area (Å²) in [6, 6.07) is 0.0465. The van der Waals surface area contributed by atoms with E-state index < -0.39 is 10.0 Å². The van der Waals surface area contributed by atoms with Gasteiger partial charge in [0, 0.05) is 38.3 Å². The molecule has 0 bridgehead atoms. The largest absolute Gasteiger partial charge is 0.353 e. The lowest BCUT2D eigenvalue weighted by Crippen LogP contribution is -2.40. The molecule has 0 spiro atoms. The second-order valence-corrected chi connectivity index (χ2v) is 9.24. The van der Waals surface area contributed by atoms with Gasteiger partial charge in [-0.05, 0) is 51.5 Å². The second-order valence-electron chi connectivity index (χ2n) is 7.26. The van der Waals surface area contributed by atoms with Crippen LogP contribution in [-0.2, 0) is 28.3 Å². The first-order chi connectivity index (χ1) is 11.6. The van der Waals surface area contributed by atoms with Crippen molar-refractivity contribution in [2.45, 2.75) is 52.5 Å². The number of carbonyl (C=O) groups is 1. The Kier molecular flexibility index (Phi) is 6.26. The minimum atomic E-state index is -3.11. The Hall–Kier alpha value is -1.41. The number of nitrogens with zero attached hydrogens (tertiary/aromatic N) is 3. The third kappa shape index (κ3) is 5.28.